The van der Waals surface area contributed by atoms with Gasteiger partial charge < -0.3 is 5.32 Å². The van der Waals surface area contributed by atoms with E-state index in [1.54, 1.807) is 6.07 Å². The number of anilines is 1. The van der Waals surface area contributed by atoms with Gasteiger partial charge in [-0.15, -0.1) is 0 Å². The Kier molecular flexibility index (Phi) is 2.78. The van der Waals surface area contributed by atoms with E-state index in [1.165, 1.54) is 12.8 Å². The fourth-order valence-corrected chi connectivity index (χ4v) is 2.23. The molecule has 1 aromatic rings. The number of nitrogens with one attached hydrogen (secondary N) is 1. The highest BCUT2D eigenvalue weighted by atomic mass is 15.1. The molecule has 0 bridgehead atoms. The van der Waals surface area contributed by atoms with Crippen molar-refractivity contribution in [1.29, 1.82) is 5.26 Å². The largest absolute Gasteiger partial charge is 0.349 e. The molecule has 0 amide bonds. The van der Waals surface area contributed by atoms with Crippen LogP contribution in [0.4, 0.5) is 5.95 Å². The van der Waals surface area contributed by atoms with Gasteiger partial charge in [0.2, 0.25) is 5.95 Å². The van der Waals surface area contributed by atoms with Crippen LogP contribution < -0.4 is 5.32 Å². The molecule has 4 nitrogen and oxygen atoms in total. The minimum absolute atomic E-state index is 0.0977. The predicted octanol–water partition coefficient (Wildman–Crippen LogP) is 2.40. The van der Waals surface area contributed by atoms with Crippen molar-refractivity contribution in [3.63, 3.8) is 0 Å². The van der Waals surface area contributed by atoms with Crippen molar-refractivity contribution in [3.05, 3.63) is 17.5 Å². The van der Waals surface area contributed by atoms with Crippen LogP contribution in [0, 0.1) is 18.3 Å². The van der Waals surface area contributed by atoms with E-state index in [9.17, 15) is 0 Å². The zero-order valence-corrected chi connectivity index (χ0v) is 9.75. The Morgan fingerprint density at radius 1 is 1.38 bits per heavy atom. The van der Waals surface area contributed by atoms with E-state index in [4.69, 9.17) is 5.26 Å². The van der Waals surface area contributed by atoms with Crippen molar-refractivity contribution in [2.75, 3.05) is 5.32 Å². The Hall–Kier alpha value is -1.63. The first-order valence-electron chi connectivity index (χ1n) is 5.65. The van der Waals surface area contributed by atoms with Gasteiger partial charge in [0.05, 0.1) is 0 Å². The van der Waals surface area contributed by atoms with Crippen LogP contribution in [-0.2, 0) is 0 Å². The molecule has 16 heavy (non-hydrogen) atoms. The summed E-state index contributed by atoms with van der Waals surface area (Å²) in [5.41, 5.74) is 1.35. The molecule has 0 spiro atoms. The number of hydrogen-bond donors (Lipinski definition) is 1. The first-order valence-corrected chi connectivity index (χ1v) is 5.65. The summed E-state index contributed by atoms with van der Waals surface area (Å²) in [6.07, 6.45) is 4.79. The van der Waals surface area contributed by atoms with Gasteiger partial charge in [-0.25, -0.2) is 9.97 Å². The molecular formula is C12H16N4. The summed E-state index contributed by atoms with van der Waals surface area (Å²) in [7, 11) is 0. The Balaban J connectivity index is 2.21. The number of rotatable bonds is 2. The minimum atomic E-state index is 0.0977. The highest BCUT2D eigenvalue weighted by Crippen LogP contribution is 2.31. The third-order valence-electron chi connectivity index (χ3n) is 3.09. The summed E-state index contributed by atoms with van der Waals surface area (Å²) in [6.45, 7) is 4.07. The van der Waals surface area contributed by atoms with E-state index < -0.39 is 0 Å². The van der Waals surface area contributed by atoms with Crippen LogP contribution in [0.15, 0.2) is 6.07 Å². The van der Waals surface area contributed by atoms with E-state index in [0.717, 1.165) is 18.5 Å². The zero-order chi connectivity index (χ0) is 11.6. The molecule has 0 aliphatic heterocycles. The Labute approximate surface area is 95.7 Å². The lowest BCUT2D eigenvalue weighted by Crippen LogP contribution is -2.32. The van der Waals surface area contributed by atoms with Gasteiger partial charge in [0.25, 0.3) is 0 Å². The number of hydrogen-bond acceptors (Lipinski definition) is 4. The fraction of sp³-hybridized carbons (Fsp3) is 0.583. The third-order valence-corrected chi connectivity index (χ3v) is 3.09. The van der Waals surface area contributed by atoms with Crippen molar-refractivity contribution in [1.82, 2.24) is 9.97 Å². The molecule has 1 N–H and O–H groups in total. The average molecular weight is 216 g/mol. The second-order valence-electron chi connectivity index (χ2n) is 4.72. The molecule has 0 saturated heterocycles. The Bertz CT molecular complexity index is 427. The lowest BCUT2D eigenvalue weighted by Gasteiger charge is -2.25. The van der Waals surface area contributed by atoms with Crippen molar-refractivity contribution in [2.24, 2.45) is 0 Å². The normalized spacial score (nSPS) is 18.1. The highest BCUT2D eigenvalue weighted by Gasteiger charge is 2.29. The molecule has 2 rings (SSSR count). The molecule has 0 atom stereocenters. The molecule has 1 heterocycles. The average Bonchev–Trinajstić information content (AvgIpc) is 2.63. The molecule has 4 heteroatoms. The van der Waals surface area contributed by atoms with Gasteiger partial charge in [-0.1, -0.05) is 12.8 Å². The minimum Gasteiger partial charge on any atom is -0.349 e. The topological polar surface area (TPSA) is 61.6 Å². The highest BCUT2D eigenvalue weighted by molar-refractivity contribution is 5.35. The Morgan fingerprint density at radius 2 is 2.06 bits per heavy atom. The second kappa shape index (κ2) is 4.09. The van der Waals surface area contributed by atoms with Crippen LogP contribution in [0.3, 0.4) is 0 Å². The number of nitriles is 1. The summed E-state index contributed by atoms with van der Waals surface area (Å²) in [6, 6.07) is 3.75. The summed E-state index contributed by atoms with van der Waals surface area (Å²) in [5, 5.41) is 12.2. The van der Waals surface area contributed by atoms with Gasteiger partial charge in [0, 0.05) is 11.2 Å². The van der Waals surface area contributed by atoms with Crippen LogP contribution in [-0.4, -0.2) is 15.5 Å². The molecule has 1 fully saturated rings. The third kappa shape index (κ3) is 2.30. The molecule has 0 radical (unpaired) electrons. The van der Waals surface area contributed by atoms with Crippen LogP contribution in [0.25, 0.3) is 0 Å². The number of aryl methyl sites for hydroxylation is 1. The summed E-state index contributed by atoms with van der Waals surface area (Å²) < 4.78 is 0. The van der Waals surface area contributed by atoms with Gasteiger partial charge in [0.1, 0.15) is 11.8 Å². The maximum absolute atomic E-state index is 8.84. The smallest absolute Gasteiger partial charge is 0.224 e. The molecule has 1 aliphatic carbocycles. The Morgan fingerprint density at radius 3 is 2.69 bits per heavy atom. The lowest BCUT2D eigenvalue weighted by atomic mass is 10.0. The molecule has 1 saturated carbocycles. The quantitative estimate of drug-likeness (QED) is 0.824. The standard InChI is InChI=1S/C12H16N4/c1-9-7-10(8-13)15-11(14-9)16-12(2)5-3-4-6-12/h7H,3-6H2,1-2H3,(H,14,15,16). The lowest BCUT2D eigenvalue weighted by molar-refractivity contribution is 0.528. The zero-order valence-electron chi connectivity index (χ0n) is 9.75. The fourth-order valence-electron chi connectivity index (χ4n) is 2.23. The monoisotopic (exact) mass is 216 g/mol. The van der Waals surface area contributed by atoms with E-state index >= 15 is 0 Å². The van der Waals surface area contributed by atoms with Crippen molar-refractivity contribution >= 4 is 5.95 Å². The van der Waals surface area contributed by atoms with Crippen LogP contribution in [0.5, 0.6) is 0 Å². The molecule has 84 valence electrons. The molecule has 1 aliphatic rings. The summed E-state index contributed by atoms with van der Waals surface area (Å²) in [4.78, 5) is 8.49. The van der Waals surface area contributed by atoms with E-state index in [2.05, 4.69) is 28.3 Å². The van der Waals surface area contributed by atoms with E-state index in [1.807, 2.05) is 6.92 Å². The van der Waals surface area contributed by atoms with E-state index in [-0.39, 0.29) is 5.54 Å². The van der Waals surface area contributed by atoms with Crippen LogP contribution in [0.2, 0.25) is 0 Å². The second-order valence-corrected chi connectivity index (χ2v) is 4.72. The summed E-state index contributed by atoms with van der Waals surface area (Å²) in [5.74, 6) is 0.584. The van der Waals surface area contributed by atoms with Crippen LogP contribution >= 0.6 is 0 Å². The first-order chi connectivity index (χ1) is 7.61. The maximum atomic E-state index is 8.84. The first kappa shape index (κ1) is 10.9. The maximum Gasteiger partial charge on any atom is 0.224 e. The van der Waals surface area contributed by atoms with Crippen molar-refractivity contribution < 1.29 is 0 Å². The van der Waals surface area contributed by atoms with Crippen LogP contribution in [0.1, 0.15) is 44.0 Å². The number of aromatic nitrogens is 2. The van der Waals surface area contributed by atoms with Crippen molar-refractivity contribution in [2.45, 2.75) is 45.1 Å². The molecule has 1 aromatic heterocycles. The summed E-state index contributed by atoms with van der Waals surface area (Å²) >= 11 is 0. The van der Waals surface area contributed by atoms with Crippen molar-refractivity contribution in [3.8, 4) is 6.07 Å². The van der Waals surface area contributed by atoms with Gasteiger partial charge in [-0.05, 0) is 32.8 Å². The van der Waals surface area contributed by atoms with Gasteiger partial charge in [0.15, 0.2) is 0 Å². The molecule has 0 unspecified atom stereocenters. The predicted molar refractivity (Wildman–Crippen MR) is 62.0 cm³/mol. The molecular weight excluding hydrogens is 200 g/mol. The molecule has 0 aromatic carbocycles. The number of nitrogens with zero attached hydrogens (tertiary/aromatic N) is 3. The van der Waals surface area contributed by atoms with Gasteiger partial charge >= 0.3 is 0 Å². The van der Waals surface area contributed by atoms with Gasteiger partial charge in [-0.2, -0.15) is 5.26 Å². The SMILES string of the molecule is Cc1cc(C#N)nc(NC2(C)CCCC2)n1. The van der Waals surface area contributed by atoms with Gasteiger partial charge in [-0.3, -0.25) is 0 Å². The van der Waals surface area contributed by atoms with E-state index in [0.29, 0.717) is 11.6 Å².